The summed E-state index contributed by atoms with van der Waals surface area (Å²) in [6.45, 7) is 6.73. The Bertz CT molecular complexity index is 811. The second-order valence-corrected chi connectivity index (χ2v) is 8.57. The van der Waals surface area contributed by atoms with Gasteiger partial charge in [-0.15, -0.1) is 11.8 Å². The SMILES string of the molecule is CCCNC(=O)[C@@H](C)N(Cc1ccccc1Cl)C(=O)CCSc1ccc(C)cc1. The van der Waals surface area contributed by atoms with Crippen molar-refractivity contribution in [1.82, 2.24) is 10.2 Å². The molecule has 0 aromatic heterocycles. The summed E-state index contributed by atoms with van der Waals surface area (Å²) in [7, 11) is 0. The summed E-state index contributed by atoms with van der Waals surface area (Å²) in [5, 5.41) is 3.48. The van der Waals surface area contributed by atoms with Crippen molar-refractivity contribution in [3.05, 3.63) is 64.7 Å². The van der Waals surface area contributed by atoms with Crippen LogP contribution in [0.3, 0.4) is 0 Å². The van der Waals surface area contributed by atoms with Crippen LogP contribution in [0.1, 0.15) is 37.8 Å². The van der Waals surface area contributed by atoms with E-state index >= 15 is 0 Å². The number of carbonyl (C=O) groups excluding carboxylic acids is 2. The van der Waals surface area contributed by atoms with E-state index in [2.05, 4.69) is 36.5 Å². The lowest BCUT2D eigenvalue weighted by Crippen LogP contribution is -2.47. The van der Waals surface area contributed by atoms with E-state index in [4.69, 9.17) is 11.6 Å². The van der Waals surface area contributed by atoms with Crippen LogP contribution in [-0.4, -0.2) is 35.1 Å². The topological polar surface area (TPSA) is 49.4 Å². The first kappa shape index (κ1) is 23.3. The molecule has 2 aromatic rings. The summed E-state index contributed by atoms with van der Waals surface area (Å²) < 4.78 is 0. The molecule has 0 aliphatic carbocycles. The molecule has 0 unspecified atom stereocenters. The molecule has 2 aromatic carbocycles. The van der Waals surface area contributed by atoms with E-state index in [9.17, 15) is 9.59 Å². The van der Waals surface area contributed by atoms with Crippen molar-refractivity contribution in [2.24, 2.45) is 0 Å². The van der Waals surface area contributed by atoms with E-state index in [0.717, 1.165) is 16.9 Å². The van der Waals surface area contributed by atoms with Crippen LogP contribution in [-0.2, 0) is 16.1 Å². The molecule has 0 radical (unpaired) electrons. The zero-order valence-corrected chi connectivity index (χ0v) is 18.9. The summed E-state index contributed by atoms with van der Waals surface area (Å²) >= 11 is 7.94. The van der Waals surface area contributed by atoms with E-state index in [0.29, 0.717) is 30.3 Å². The van der Waals surface area contributed by atoms with Gasteiger partial charge in [-0.25, -0.2) is 0 Å². The molecule has 0 aliphatic heterocycles. The molecular formula is C23H29ClN2O2S. The van der Waals surface area contributed by atoms with Crippen LogP contribution in [0.4, 0.5) is 0 Å². The predicted octanol–water partition coefficient (Wildman–Crippen LogP) is 5.07. The van der Waals surface area contributed by atoms with Gasteiger partial charge in [0.25, 0.3) is 0 Å². The third kappa shape index (κ3) is 7.41. The Kier molecular flexibility index (Phi) is 9.55. The quantitative estimate of drug-likeness (QED) is 0.533. The molecule has 0 heterocycles. The zero-order valence-electron chi connectivity index (χ0n) is 17.3. The van der Waals surface area contributed by atoms with Crippen LogP contribution in [0.15, 0.2) is 53.4 Å². The maximum absolute atomic E-state index is 13.0. The lowest BCUT2D eigenvalue weighted by Gasteiger charge is -2.29. The monoisotopic (exact) mass is 432 g/mol. The second kappa shape index (κ2) is 11.9. The molecule has 0 bridgehead atoms. The number of hydrogen-bond donors (Lipinski definition) is 1. The first-order chi connectivity index (χ1) is 13.9. The van der Waals surface area contributed by atoms with E-state index < -0.39 is 6.04 Å². The molecule has 2 amide bonds. The Morgan fingerprint density at radius 2 is 1.83 bits per heavy atom. The standard InChI is InChI=1S/C23H29ClN2O2S/c1-4-14-25-23(28)18(3)26(16-19-7-5-6-8-21(19)24)22(27)13-15-29-20-11-9-17(2)10-12-20/h5-12,18H,4,13-16H2,1-3H3,(H,25,28)/t18-/m1/s1. The van der Waals surface area contributed by atoms with E-state index in [1.807, 2.05) is 25.1 Å². The third-order valence-corrected chi connectivity index (χ3v) is 6.00. The molecule has 29 heavy (non-hydrogen) atoms. The fraction of sp³-hybridized carbons (Fsp3) is 0.391. The lowest BCUT2D eigenvalue weighted by atomic mass is 10.1. The number of hydrogen-bond acceptors (Lipinski definition) is 3. The summed E-state index contributed by atoms with van der Waals surface area (Å²) in [6.07, 6.45) is 1.21. The van der Waals surface area contributed by atoms with Gasteiger partial charge in [0.15, 0.2) is 0 Å². The number of rotatable bonds is 10. The molecule has 0 spiro atoms. The average molecular weight is 433 g/mol. The molecule has 6 heteroatoms. The van der Waals surface area contributed by atoms with Gasteiger partial charge in [-0.05, 0) is 44.0 Å². The summed E-state index contributed by atoms with van der Waals surface area (Å²) in [4.78, 5) is 28.3. The average Bonchev–Trinajstić information content (AvgIpc) is 2.72. The van der Waals surface area contributed by atoms with Crippen LogP contribution in [0.2, 0.25) is 5.02 Å². The summed E-state index contributed by atoms with van der Waals surface area (Å²) in [6, 6.07) is 15.1. The Morgan fingerprint density at radius 3 is 2.48 bits per heavy atom. The van der Waals surface area contributed by atoms with Gasteiger partial charge in [0.1, 0.15) is 6.04 Å². The van der Waals surface area contributed by atoms with Crippen molar-refractivity contribution < 1.29 is 9.59 Å². The minimum atomic E-state index is -0.560. The van der Waals surface area contributed by atoms with Gasteiger partial charge in [0.2, 0.25) is 11.8 Å². The lowest BCUT2D eigenvalue weighted by molar-refractivity contribution is -0.140. The molecule has 0 saturated heterocycles. The Balaban J connectivity index is 2.05. The predicted molar refractivity (Wildman–Crippen MR) is 121 cm³/mol. The zero-order chi connectivity index (χ0) is 21.2. The van der Waals surface area contributed by atoms with Crippen LogP contribution < -0.4 is 5.32 Å². The number of thioether (sulfide) groups is 1. The van der Waals surface area contributed by atoms with Crippen molar-refractivity contribution in [1.29, 1.82) is 0 Å². The van der Waals surface area contributed by atoms with Gasteiger partial charge >= 0.3 is 0 Å². The molecule has 0 aliphatic rings. The van der Waals surface area contributed by atoms with Crippen molar-refractivity contribution in [3.63, 3.8) is 0 Å². The minimum Gasteiger partial charge on any atom is -0.354 e. The highest BCUT2D eigenvalue weighted by atomic mass is 35.5. The summed E-state index contributed by atoms with van der Waals surface area (Å²) in [5.74, 6) is 0.464. The molecule has 1 N–H and O–H groups in total. The molecular weight excluding hydrogens is 404 g/mol. The van der Waals surface area contributed by atoms with Crippen LogP contribution >= 0.6 is 23.4 Å². The number of nitrogens with one attached hydrogen (secondary N) is 1. The smallest absolute Gasteiger partial charge is 0.242 e. The van der Waals surface area contributed by atoms with Gasteiger partial charge in [-0.2, -0.15) is 0 Å². The summed E-state index contributed by atoms with van der Waals surface area (Å²) in [5.41, 5.74) is 2.05. The fourth-order valence-electron chi connectivity index (χ4n) is 2.82. The minimum absolute atomic E-state index is 0.0521. The second-order valence-electron chi connectivity index (χ2n) is 6.99. The Hall–Kier alpha value is -1.98. The van der Waals surface area contributed by atoms with Gasteiger partial charge in [-0.3, -0.25) is 9.59 Å². The van der Waals surface area contributed by atoms with Gasteiger partial charge in [0.05, 0.1) is 0 Å². The number of nitrogens with zero attached hydrogens (tertiary/aromatic N) is 1. The number of aryl methyl sites for hydroxylation is 1. The number of carbonyl (C=O) groups is 2. The van der Waals surface area contributed by atoms with Gasteiger partial charge < -0.3 is 10.2 Å². The van der Waals surface area contributed by atoms with E-state index in [1.54, 1.807) is 29.7 Å². The molecule has 1 atom stereocenters. The highest BCUT2D eigenvalue weighted by Crippen LogP contribution is 2.22. The van der Waals surface area contributed by atoms with Gasteiger partial charge in [-0.1, -0.05) is 54.4 Å². The van der Waals surface area contributed by atoms with Crippen LogP contribution in [0, 0.1) is 6.92 Å². The first-order valence-corrected chi connectivity index (χ1v) is 11.3. The maximum Gasteiger partial charge on any atom is 0.242 e. The van der Waals surface area contributed by atoms with Crippen molar-refractivity contribution in [3.8, 4) is 0 Å². The molecule has 4 nitrogen and oxygen atoms in total. The largest absolute Gasteiger partial charge is 0.354 e. The molecule has 2 rings (SSSR count). The van der Waals surface area contributed by atoms with Crippen molar-refractivity contribution >= 4 is 35.2 Å². The number of amides is 2. The van der Waals surface area contributed by atoms with Crippen molar-refractivity contribution in [2.75, 3.05) is 12.3 Å². The molecule has 0 fully saturated rings. The third-order valence-electron chi connectivity index (χ3n) is 4.62. The number of halogens is 1. The van der Waals surface area contributed by atoms with Crippen molar-refractivity contribution in [2.45, 2.75) is 51.1 Å². The highest BCUT2D eigenvalue weighted by Gasteiger charge is 2.26. The fourth-order valence-corrected chi connectivity index (χ4v) is 3.86. The Labute approximate surface area is 183 Å². The van der Waals surface area contributed by atoms with E-state index in [1.165, 1.54) is 5.56 Å². The molecule has 0 saturated carbocycles. The highest BCUT2D eigenvalue weighted by molar-refractivity contribution is 7.99. The van der Waals surface area contributed by atoms with Crippen LogP contribution in [0.5, 0.6) is 0 Å². The normalized spacial score (nSPS) is 11.7. The number of benzene rings is 2. The van der Waals surface area contributed by atoms with E-state index in [-0.39, 0.29) is 11.8 Å². The maximum atomic E-state index is 13.0. The molecule has 156 valence electrons. The van der Waals surface area contributed by atoms with Crippen LogP contribution in [0.25, 0.3) is 0 Å². The first-order valence-electron chi connectivity index (χ1n) is 9.92. The Morgan fingerprint density at radius 1 is 1.14 bits per heavy atom. The van der Waals surface area contributed by atoms with Gasteiger partial charge in [0, 0.05) is 35.2 Å².